The summed E-state index contributed by atoms with van der Waals surface area (Å²) in [7, 11) is 0. The molecule has 2 rings (SSSR count). The molecule has 1 aliphatic rings. The fourth-order valence-electron chi connectivity index (χ4n) is 2.96. The normalized spacial score (nSPS) is 27.1. The Morgan fingerprint density at radius 2 is 1.79 bits per heavy atom. The Labute approximate surface area is 115 Å². The lowest BCUT2D eigenvalue weighted by Gasteiger charge is -2.34. The van der Waals surface area contributed by atoms with Crippen LogP contribution in [0.25, 0.3) is 0 Å². The Bertz CT molecular complexity index is 446. The molecule has 0 spiro atoms. The van der Waals surface area contributed by atoms with E-state index in [1.54, 1.807) is 0 Å². The molecule has 19 heavy (non-hydrogen) atoms. The Morgan fingerprint density at radius 3 is 2.42 bits per heavy atom. The third-order valence-corrected chi connectivity index (χ3v) is 4.15. The molecule has 0 saturated heterocycles. The molecule has 1 aromatic heterocycles. The zero-order chi connectivity index (χ0) is 14.0. The van der Waals surface area contributed by atoms with Gasteiger partial charge in [-0.2, -0.15) is 0 Å². The molecule has 1 fully saturated rings. The summed E-state index contributed by atoms with van der Waals surface area (Å²) in [5, 5.41) is 3.59. The molecule has 0 aliphatic heterocycles. The van der Waals surface area contributed by atoms with Gasteiger partial charge in [0.1, 0.15) is 17.5 Å². The van der Waals surface area contributed by atoms with Gasteiger partial charge in [-0.1, -0.05) is 13.8 Å². The first kappa shape index (κ1) is 14.1. The monoisotopic (exact) mass is 263 g/mol. The first-order valence-electron chi connectivity index (χ1n) is 7.09. The van der Waals surface area contributed by atoms with Crippen LogP contribution in [0, 0.1) is 25.7 Å². The second-order valence-corrected chi connectivity index (χ2v) is 5.88. The minimum Gasteiger partial charge on any atom is -0.367 e. The maximum atomic E-state index is 5.50. The quantitative estimate of drug-likeness (QED) is 0.577. The third kappa shape index (κ3) is 3.15. The Morgan fingerprint density at radius 1 is 1.11 bits per heavy atom. The van der Waals surface area contributed by atoms with E-state index >= 15 is 0 Å². The van der Waals surface area contributed by atoms with Gasteiger partial charge in [-0.25, -0.2) is 15.8 Å². The summed E-state index contributed by atoms with van der Waals surface area (Å²) in [6, 6.07) is 0.495. The molecule has 0 amide bonds. The van der Waals surface area contributed by atoms with Crippen LogP contribution in [0.5, 0.6) is 0 Å². The van der Waals surface area contributed by atoms with Gasteiger partial charge in [-0.15, -0.1) is 0 Å². The molecule has 1 aromatic rings. The lowest BCUT2D eigenvalue weighted by atomic mass is 9.80. The maximum Gasteiger partial charge on any atom is 0.148 e. The molecule has 3 atom stereocenters. The average Bonchev–Trinajstić information content (AvgIpc) is 2.36. The molecule has 0 bridgehead atoms. The van der Waals surface area contributed by atoms with Gasteiger partial charge in [0, 0.05) is 11.6 Å². The number of nitrogens with zero attached hydrogens (tertiary/aromatic N) is 2. The van der Waals surface area contributed by atoms with Crippen molar-refractivity contribution < 1.29 is 0 Å². The Hall–Kier alpha value is -1.36. The van der Waals surface area contributed by atoms with E-state index in [-0.39, 0.29) is 0 Å². The summed E-state index contributed by atoms with van der Waals surface area (Å²) in [5.41, 5.74) is 3.63. The van der Waals surface area contributed by atoms with E-state index in [0.29, 0.717) is 17.8 Å². The molecule has 1 aliphatic carbocycles. The van der Waals surface area contributed by atoms with E-state index < -0.39 is 0 Å². The SMILES string of the molecule is Cc1nc(NN)c(C)c(NC2CCC(C)CC2C)n1. The smallest absolute Gasteiger partial charge is 0.148 e. The highest BCUT2D eigenvalue weighted by atomic mass is 15.3. The molecule has 5 heteroatoms. The van der Waals surface area contributed by atoms with Crippen LogP contribution in [0.1, 0.15) is 44.5 Å². The number of nitrogens with two attached hydrogens (primary N) is 1. The molecule has 0 radical (unpaired) electrons. The standard InChI is InChI=1S/C14H25N5/c1-8-5-6-12(9(2)7-8)18-13-10(3)14(19-15)17-11(4)16-13/h8-9,12H,5-7,15H2,1-4H3,(H2,16,17,18,19). The summed E-state index contributed by atoms with van der Waals surface area (Å²) in [4.78, 5) is 8.80. The van der Waals surface area contributed by atoms with Gasteiger partial charge in [-0.05, 0) is 44.9 Å². The van der Waals surface area contributed by atoms with Crippen molar-refractivity contribution in [3.63, 3.8) is 0 Å². The van der Waals surface area contributed by atoms with Crippen LogP contribution in [-0.2, 0) is 0 Å². The summed E-state index contributed by atoms with van der Waals surface area (Å²) in [6.45, 7) is 8.53. The molecule has 1 saturated carbocycles. The lowest BCUT2D eigenvalue weighted by molar-refractivity contribution is 0.276. The number of aromatic nitrogens is 2. The predicted octanol–water partition coefficient (Wildman–Crippen LogP) is 2.62. The second-order valence-electron chi connectivity index (χ2n) is 5.88. The number of aryl methyl sites for hydroxylation is 1. The van der Waals surface area contributed by atoms with Crippen molar-refractivity contribution in [1.29, 1.82) is 0 Å². The summed E-state index contributed by atoms with van der Waals surface area (Å²) in [6.07, 6.45) is 3.77. The number of anilines is 2. The number of hydrogen-bond donors (Lipinski definition) is 3. The van der Waals surface area contributed by atoms with E-state index in [0.717, 1.165) is 23.1 Å². The maximum absolute atomic E-state index is 5.50. The van der Waals surface area contributed by atoms with Crippen LogP contribution in [0.4, 0.5) is 11.6 Å². The van der Waals surface area contributed by atoms with E-state index in [9.17, 15) is 0 Å². The van der Waals surface area contributed by atoms with Gasteiger partial charge >= 0.3 is 0 Å². The molecule has 4 N–H and O–H groups in total. The van der Waals surface area contributed by atoms with Crippen molar-refractivity contribution >= 4 is 11.6 Å². The molecule has 5 nitrogen and oxygen atoms in total. The molecule has 106 valence electrons. The first-order chi connectivity index (χ1) is 9.01. The van der Waals surface area contributed by atoms with Gasteiger partial charge in [-0.3, -0.25) is 0 Å². The van der Waals surface area contributed by atoms with E-state index in [2.05, 4.69) is 34.6 Å². The van der Waals surface area contributed by atoms with Crippen molar-refractivity contribution in [2.24, 2.45) is 17.7 Å². The highest BCUT2D eigenvalue weighted by Gasteiger charge is 2.26. The largest absolute Gasteiger partial charge is 0.367 e. The lowest BCUT2D eigenvalue weighted by Crippen LogP contribution is -2.33. The van der Waals surface area contributed by atoms with E-state index in [4.69, 9.17) is 5.84 Å². The zero-order valence-electron chi connectivity index (χ0n) is 12.3. The highest BCUT2D eigenvalue weighted by Crippen LogP contribution is 2.31. The van der Waals surface area contributed by atoms with Crippen LogP contribution in [-0.4, -0.2) is 16.0 Å². The predicted molar refractivity (Wildman–Crippen MR) is 78.9 cm³/mol. The minimum absolute atomic E-state index is 0.495. The average molecular weight is 263 g/mol. The van der Waals surface area contributed by atoms with Crippen LogP contribution in [0.15, 0.2) is 0 Å². The first-order valence-corrected chi connectivity index (χ1v) is 7.09. The summed E-state index contributed by atoms with van der Waals surface area (Å²) >= 11 is 0. The van der Waals surface area contributed by atoms with Crippen LogP contribution >= 0.6 is 0 Å². The van der Waals surface area contributed by atoms with Crippen LogP contribution in [0.3, 0.4) is 0 Å². The fourth-order valence-corrected chi connectivity index (χ4v) is 2.96. The Balaban J connectivity index is 2.17. The van der Waals surface area contributed by atoms with Gasteiger partial charge < -0.3 is 10.7 Å². The molecule has 0 aromatic carbocycles. The summed E-state index contributed by atoms with van der Waals surface area (Å²) in [5.74, 6) is 9.35. The molecule has 3 unspecified atom stereocenters. The number of hydrazine groups is 1. The number of hydrogen-bond acceptors (Lipinski definition) is 5. The number of nitrogens with one attached hydrogen (secondary N) is 2. The van der Waals surface area contributed by atoms with Gasteiger partial charge in [0.2, 0.25) is 0 Å². The highest BCUT2D eigenvalue weighted by molar-refractivity contribution is 5.57. The van der Waals surface area contributed by atoms with Gasteiger partial charge in [0.15, 0.2) is 0 Å². The third-order valence-electron chi connectivity index (χ3n) is 4.15. The summed E-state index contributed by atoms with van der Waals surface area (Å²) < 4.78 is 0. The van der Waals surface area contributed by atoms with E-state index in [1.807, 2.05) is 13.8 Å². The molecular formula is C14H25N5. The number of nitrogen functional groups attached to an aromatic ring is 1. The van der Waals surface area contributed by atoms with Crippen molar-refractivity contribution in [3.05, 3.63) is 11.4 Å². The van der Waals surface area contributed by atoms with Crippen molar-refractivity contribution in [2.45, 2.75) is 53.0 Å². The zero-order valence-corrected chi connectivity index (χ0v) is 12.3. The topological polar surface area (TPSA) is 75.9 Å². The second kappa shape index (κ2) is 5.74. The van der Waals surface area contributed by atoms with Crippen molar-refractivity contribution in [3.8, 4) is 0 Å². The Kier molecular flexibility index (Phi) is 4.24. The molecular weight excluding hydrogens is 238 g/mol. The van der Waals surface area contributed by atoms with E-state index in [1.165, 1.54) is 19.3 Å². The minimum atomic E-state index is 0.495. The number of rotatable bonds is 3. The van der Waals surface area contributed by atoms with Crippen molar-refractivity contribution in [2.75, 3.05) is 10.7 Å². The molecule has 1 heterocycles. The van der Waals surface area contributed by atoms with Gasteiger partial charge in [0.25, 0.3) is 0 Å². The van der Waals surface area contributed by atoms with Gasteiger partial charge in [0.05, 0.1) is 0 Å². The van der Waals surface area contributed by atoms with Crippen LogP contribution in [0.2, 0.25) is 0 Å². The van der Waals surface area contributed by atoms with Crippen LogP contribution < -0.4 is 16.6 Å². The van der Waals surface area contributed by atoms with Crippen molar-refractivity contribution in [1.82, 2.24) is 9.97 Å². The fraction of sp³-hybridized carbons (Fsp3) is 0.714.